The Morgan fingerprint density at radius 3 is 1.43 bits per heavy atom. The summed E-state index contributed by atoms with van der Waals surface area (Å²) in [6, 6.07) is 25.7. The van der Waals surface area contributed by atoms with Crippen molar-refractivity contribution in [1.82, 2.24) is 37.4 Å². The molecule has 0 aliphatic carbocycles. The van der Waals surface area contributed by atoms with Crippen LogP contribution in [0.5, 0.6) is 29.3 Å². The van der Waals surface area contributed by atoms with Crippen molar-refractivity contribution >= 4 is 57.1 Å². The normalized spacial score (nSPS) is 11.5. The van der Waals surface area contributed by atoms with Crippen LogP contribution in [-0.4, -0.2) is 67.2 Å². The third-order valence-corrected chi connectivity index (χ3v) is 11.2. The first-order valence-electron chi connectivity index (χ1n) is 21.0. The van der Waals surface area contributed by atoms with Gasteiger partial charge in [-0.1, -0.05) is 71.2 Å². The molecule has 23 heteroatoms. The van der Waals surface area contributed by atoms with Gasteiger partial charge in [0, 0.05) is 61.5 Å². The maximum atomic E-state index is 13.4. The fourth-order valence-corrected chi connectivity index (χ4v) is 7.61. The van der Waals surface area contributed by atoms with Gasteiger partial charge in [-0.3, -0.25) is 37.0 Å². The number of imidazole rings is 2. The Morgan fingerprint density at radius 2 is 0.986 bits per heavy atom. The molecule has 0 unspecified atom stereocenters. The highest BCUT2D eigenvalue weighted by Crippen LogP contribution is 2.31. The number of fused-ring (bicyclic) bond motifs is 2. The second-order valence-corrected chi connectivity index (χ2v) is 16.7. The number of benzene rings is 4. The van der Waals surface area contributed by atoms with Crippen molar-refractivity contribution in [2.45, 2.75) is 51.8 Å². The number of aromatic nitrogens is 8. The predicted octanol–water partition coefficient (Wildman–Crippen LogP) is 7.49. The van der Waals surface area contributed by atoms with Crippen molar-refractivity contribution in [3.8, 4) is 29.3 Å². The zero-order valence-electron chi connectivity index (χ0n) is 36.7. The van der Waals surface area contributed by atoms with Gasteiger partial charge in [-0.2, -0.15) is 9.97 Å². The van der Waals surface area contributed by atoms with Crippen molar-refractivity contribution < 1.29 is 37.6 Å². The Hall–Kier alpha value is -6.84. The molecule has 0 saturated heterocycles. The predicted molar refractivity (Wildman–Crippen MR) is 252 cm³/mol. The average molecular weight is 1010 g/mol. The van der Waals surface area contributed by atoms with E-state index >= 15 is 0 Å². The minimum absolute atomic E-state index is 0.0253. The summed E-state index contributed by atoms with van der Waals surface area (Å²) < 4.78 is 61.5. The molecule has 8 rings (SSSR count). The van der Waals surface area contributed by atoms with Gasteiger partial charge in [-0.15, -0.1) is 13.2 Å². The molecule has 0 amide bonds. The minimum Gasteiger partial charge on any atom is -0.425 e. The second kappa shape index (κ2) is 21.6. The van der Waals surface area contributed by atoms with Crippen LogP contribution in [0.2, 0.25) is 15.1 Å². The van der Waals surface area contributed by atoms with Crippen LogP contribution in [-0.2, 0) is 40.3 Å². The lowest BCUT2D eigenvalue weighted by Crippen LogP contribution is -2.39. The quantitative estimate of drug-likeness (QED) is 0.0912. The number of nitrogens with zero attached hydrogens (tertiary/aromatic N) is 8. The van der Waals surface area contributed by atoms with E-state index in [2.05, 4.69) is 14.7 Å². The van der Waals surface area contributed by atoms with E-state index in [1.807, 2.05) is 12.1 Å². The van der Waals surface area contributed by atoms with Gasteiger partial charge in [0.05, 0.1) is 13.1 Å². The first kappa shape index (κ1) is 50.0. The van der Waals surface area contributed by atoms with Crippen molar-refractivity contribution in [2.24, 2.45) is 14.1 Å². The molecule has 2 N–H and O–H groups in total. The lowest BCUT2D eigenvalue weighted by Gasteiger charge is -2.12. The number of aryl methyl sites for hydroxylation is 2. The van der Waals surface area contributed by atoms with Crippen LogP contribution in [0, 0.1) is 0 Å². The van der Waals surface area contributed by atoms with E-state index in [9.17, 15) is 37.5 Å². The first-order valence-corrected chi connectivity index (χ1v) is 22.2. The zero-order chi connectivity index (χ0) is 49.6. The number of aliphatic hydroxyl groups is 2. The third-order valence-electron chi connectivity index (χ3n) is 10.5. The van der Waals surface area contributed by atoms with E-state index in [-0.39, 0.29) is 85.9 Å². The highest BCUT2D eigenvalue weighted by atomic mass is 35.5. The molecule has 0 fully saturated rings. The number of alkyl halides is 3. The summed E-state index contributed by atoms with van der Waals surface area (Å²) in [6.45, 7) is 0.306. The number of rotatable bonds is 16. The molecule has 0 saturated carbocycles. The minimum atomic E-state index is -4.89. The van der Waals surface area contributed by atoms with Gasteiger partial charge < -0.3 is 24.4 Å². The number of unbranched alkanes of at least 4 members (excludes halogenated alkanes) is 1. The Labute approximate surface area is 403 Å². The van der Waals surface area contributed by atoms with Crippen LogP contribution in [0.15, 0.2) is 116 Å². The summed E-state index contributed by atoms with van der Waals surface area (Å²) in [7, 11) is 3.00. The molecular formula is C46H42Cl3F3N8O9. The lowest BCUT2D eigenvalue weighted by molar-refractivity contribution is -0.274. The van der Waals surface area contributed by atoms with Crippen LogP contribution in [0.25, 0.3) is 22.3 Å². The Bertz CT molecular complexity index is 3370. The van der Waals surface area contributed by atoms with Gasteiger partial charge in [0.2, 0.25) is 0 Å². The van der Waals surface area contributed by atoms with Crippen LogP contribution in [0.1, 0.15) is 30.4 Å². The SMILES string of the molecule is Cn1c(=O)n(CCCCO)c(=O)c2c1nc(Oc1cccc(OC(F)(F)F)c1)n2Cc1ccc(Cl)cc1.Cn1c(=O)n(CCCO)c(=O)c2c1nc(Oc1cccc(Cl)c1)n2Cc1ccc(Cl)cc1. The molecule has 69 heavy (non-hydrogen) atoms. The van der Waals surface area contributed by atoms with Gasteiger partial charge in [-0.25, -0.2) is 9.59 Å². The average Bonchev–Trinajstić information content (AvgIpc) is 3.84. The summed E-state index contributed by atoms with van der Waals surface area (Å²) in [4.78, 5) is 61.2. The molecular weight excluding hydrogens is 972 g/mol. The number of aliphatic hydroxyl groups excluding tert-OH is 2. The van der Waals surface area contributed by atoms with Crippen molar-refractivity contribution in [3.63, 3.8) is 0 Å². The maximum Gasteiger partial charge on any atom is 0.573 e. The lowest BCUT2D eigenvalue weighted by atomic mass is 10.2. The fourth-order valence-electron chi connectivity index (χ4n) is 7.18. The van der Waals surface area contributed by atoms with E-state index in [4.69, 9.17) is 49.4 Å². The van der Waals surface area contributed by atoms with E-state index in [0.717, 1.165) is 32.4 Å². The summed E-state index contributed by atoms with van der Waals surface area (Å²) in [6.07, 6.45) is -3.81. The topological polar surface area (TPSA) is 192 Å². The molecule has 8 aromatic rings. The summed E-state index contributed by atoms with van der Waals surface area (Å²) >= 11 is 18.1. The third kappa shape index (κ3) is 11.7. The molecule has 4 aromatic heterocycles. The van der Waals surface area contributed by atoms with Gasteiger partial charge >= 0.3 is 29.8 Å². The highest BCUT2D eigenvalue weighted by molar-refractivity contribution is 6.31. The largest absolute Gasteiger partial charge is 0.573 e. The zero-order valence-corrected chi connectivity index (χ0v) is 39.0. The van der Waals surface area contributed by atoms with Crippen molar-refractivity contribution in [1.29, 1.82) is 0 Å². The number of halogens is 6. The van der Waals surface area contributed by atoms with Gasteiger partial charge in [0.15, 0.2) is 22.3 Å². The molecule has 4 aromatic carbocycles. The molecule has 0 radical (unpaired) electrons. The monoisotopic (exact) mass is 1010 g/mol. The van der Waals surface area contributed by atoms with E-state index in [1.54, 1.807) is 72.3 Å². The second-order valence-electron chi connectivity index (χ2n) is 15.3. The van der Waals surface area contributed by atoms with Crippen LogP contribution in [0.4, 0.5) is 13.2 Å². The van der Waals surface area contributed by atoms with E-state index < -0.39 is 34.6 Å². The number of hydrogen-bond acceptors (Lipinski definition) is 11. The standard InChI is InChI=1S/C24H22ClF3N4O5.C22H20Cl2N4O4/c1-30-20-19(21(34)31(23(30)35)11-2-3-12-33)32(14-15-7-9-16(25)10-8-15)22(29-20)36-17-5-4-6-18(13-17)37-24(26,27)28;1-26-19-18(20(30)27(22(26)31)10-3-11-29)28(13-14-6-8-15(23)9-7-14)21(25-19)32-17-5-2-4-16(24)12-17/h4-10,13,33H,2-3,11-12,14H2,1H3;2,4-9,12,29H,3,10-11,13H2,1H3. The smallest absolute Gasteiger partial charge is 0.425 e. The maximum absolute atomic E-state index is 13.4. The van der Waals surface area contributed by atoms with Gasteiger partial charge in [-0.05, 0) is 85.0 Å². The van der Waals surface area contributed by atoms with Crippen LogP contribution >= 0.6 is 34.8 Å². The number of hydrogen-bond donors (Lipinski definition) is 2. The molecule has 0 aliphatic rings. The molecule has 0 aliphatic heterocycles. The summed E-state index contributed by atoms with van der Waals surface area (Å²) in [5.74, 6) is -0.0811. The Morgan fingerprint density at radius 1 is 0.551 bits per heavy atom. The van der Waals surface area contributed by atoms with Gasteiger partial charge in [0.1, 0.15) is 17.2 Å². The highest BCUT2D eigenvalue weighted by Gasteiger charge is 2.31. The first-order chi connectivity index (χ1) is 33.0. The van der Waals surface area contributed by atoms with E-state index in [1.165, 1.54) is 32.9 Å². The summed E-state index contributed by atoms with van der Waals surface area (Å²) in [5.41, 5.74) is -0.106. The van der Waals surface area contributed by atoms with Crippen LogP contribution < -0.4 is 36.7 Å². The molecule has 0 bridgehead atoms. The number of ether oxygens (including phenoxy) is 3. The molecule has 17 nitrogen and oxygen atoms in total. The van der Waals surface area contributed by atoms with E-state index in [0.29, 0.717) is 33.7 Å². The Kier molecular flexibility index (Phi) is 15.7. The summed E-state index contributed by atoms with van der Waals surface area (Å²) in [5, 5.41) is 19.8. The van der Waals surface area contributed by atoms with Gasteiger partial charge in [0.25, 0.3) is 11.1 Å². The Balaban J connectivity index is 0.000000206. The van der Waals surface area contributed by atoms with Crippen molar-refractivity contribution in [3.05, 3.63) is 165 Å². The molecule has 0 atom stereocenters. The molecule has 0 spiro atoms. The molecule has 362 valence electrons. The van der Waals surface area contributed by atoms with Crippen LogP contribution in [0.3, 0.4) is 0 Å². The fraction of sp³-hybridized carbons (Fsp3) is 0.261. The molecule has 4 heterocycles. The van der Waals surface area contributed by atoms with Crippen molar-refractivity contribution in [2.75, 3.05) is 13.2 Å².